The molecule has 5 heteroatoms. The number of hydrogen-bond donors (Lipinski definition) is 0. The summed E-state index contributed by atoms with van der Waals surface area (Å²) in [7, 11) is 0. The first-order valence-electron chi connectivity index (χ1n) is 5.01. The minimum absolute atomic E-state index is 0.235. The number of rotatable bonds is 4. The fourth-order valence-electron chi connectivity index (χ4n) is 1.56. The van der Waals surface area contributed by atoms with Crippen LogP contribution in [-0.2, 0) is 6.54 Å². The molecule has 2 rings (SSSR count). The van der Waals surface area contributed by atoms with Crippen molar-refractivity contribution in [2.24, 2.45) is 0 Å². The van der Waals surface area contributed by atoms with E-state index in [-0.39, 0.29) is 11.5 Å². The predicted molar refractivity (Wildman–Crippen MR) is 61.0 cm³/mol. The maximum Gasteiger partial charge on any atom is 0.172 e. The average molecular weight is 231 g/mol. The maximum absolute atomic E-state index is 12.8. The highest BCUT2D eigenvalue weighted by Crippen LogP contribution is 2.21. The second kappa shape index (κ2) is 4.69. The number of aldehydes is 1. The first kappa shape index (κ1) is 11.2. The van der Waals surface area contributed by atoms with Gasteiger partial charge in [0.15, 0.2) is 12.0 Å². The van der Waals surface area contributed by atoms with Crippen molar-refractivity contribution in [3.05, 3.63) is 48.4 Å². The Hall–Kier alpha value is -2.30. The van der Waals surface area contributed by atoms with Crippen LogP contribution in [0.3, 0.4) is 0 Å². The van der Waals surface area contributed by atoms with Gasteiger partial charge >= 0.3 is 0 Å². The number of allylic oxidation sites excluding steroid dienone is 1. The summed E-state index contributed by atoms with van der Waals surface area (Å²) in [5.41, 5.74) is 1.50. The highest BCUT2D eigenvalue weighted by atomic mass is 19.1. The first-order valence-corrected chi connectivity index (χ1v) is 5.01. The number of nitrogens with zero attached hydrogens (tertiary/aromatic N) is 3. The van der Waals surface area contributed by atoms with Gasteiger partial charge < -0.3 is 0 Å². The van der Waals surface area contributed by atoms with Gasteiger partial charge in [0, 0.05) is 5.56 Å². The Labute approximate surface area is 97.4 Å². The summed E-state index contributed by atoms with van der Waals surface area (Å²) in [5, 5.41) is 7.60. The number of hydrogen-bond acceptors (Lipinski definition) is 3. The molecule has 0 atom stereocenters. The van der Waals surface area contributed by atoms with E-state index in [9.17, 15) is 9.18 Å². The molecule has 0 unspecified atom stereocenters. The van der Waals surface area contributed by atoms with Crippen LogP contribution in [0.5, 0.6) is 0 Å². The zero-order chi connectivity index (χ0) is 12.3. The van der Waals surface area contributed by atoms with Crippen LogP contribution < -0.4 is 0 Å². The largest absolute Gasteiger partial charge is 0.296 e. The number of benzene rings is 1. The van der Waals surface area contributed by atoms with Gasteiger partial charge in [-0.25, -0.2) is 9.07 Å². The molecule has 2 aromatic rings. The Kier molecular flexibility index (Phi) is 3.09. The molecule has 0 aliphatic carbocycles. The Morgan fingerprint density at radius 1 is 1.35 bits per heavy atom. The molecule has 4 nitrogen and oxygen atoms in total. The van der Waals surface area contributed by atoms with Crippen LogP contribution >= 0.6 is 0 Å². The standard InChI is InChI=1S/C12H10FN3O/c1-2-7-16-12(11(8-17)14-15-16)9-3-5-10(13)6-4-9/h2-6,8H,1,7H2. The topological polar surface area (TPSA) is 47.8 Å². The lowest BCUT2D eigenvalue weighted by Crippen LogP contribution is -2.00. The summed E-state index contributed by atoms with van der Waals surface area (Å²) in [6.45, 7) is 4.04. The van der Waals surface area contributed by atoms with Crippen LogP contribution in [0.2, 0.25) is 0 Å². The van der Waals surface area contributed by atoms with Gasteiger partial charge in [0.2, 0.25) is 0 Å². The van der Waals surface area contributed by atoms with Gasteiger partial charge in [-0.2, -0.15) is 0 Å². The summed E-state index contributed by atoms with van der Waals surface area (Å²) in [4.78, 5) is 10.9. The molecular weight excluding hydrogens is 221 g/mol. The van der Waals surface area contributed by atoms with Crippen LogP contribution in [0.4, 0.5) is 4.39 Å². The summed E-state index contributed by atoms with van der Waals surface area (Å²) in [6, 6.07) is 5.82. The van der Waals surface area contributed by atoms with E-state index in [2.05, 4.69) is 16.9 Å². The van der Waals surface area contributed by atoms with Crippen molar-refractivity contribution < 1.29 is 9.18 Å². The lowest BCUT2D eigenvalue weighted by atomic mass is 10.1. The first-order chi connectivity index (χ1) is 8.26. The molecule has 0 aliphatic heterocycles. The normalized spacial score (nSPS) is 10.2. The SMILES string of the molecule is C=CCn1nnc(C=O)c1-c1ccc(F)cc1. The smallest absolute Gasteiger partial charge is 0.172 e. The molecule has 0 bridgehead atoms. The highest BCUT2D eigenvalue weighted by molar-refractivity contribution is 5.83. The molecule has 1 aromatic heterocycles. The van der Waals surface area contributed by atoms with Gasteiger partial charge in [0.1, 0.15) is 5.82 Å². The summed E-state index contributed by atoms with van der Waals surface area (Å²) in [5.74, 6) is -0.329. The van der Waals surface area contributed by atoms with Gasteiger partial charge in [-0.05, 0) is 24.3 Å². The molecule has 0 fully saturated rings. The van der Waals surface area contributed by atoms with Crippen molar-refractivity contribution in [3.8, 4) is 11.3 Å². The van der Waals surface area contributed by atoms with Gasteiger partial charge in [-0.3, -0.25) is 4.79 Å². The Balaban J connectivity index is 2.55. The minimum atomic E-state index is -0.329. The predicted octanol–water partition coefficient (Wildman–Crippen LogP) is 2.08. The zero-order valence-electron chi connectivity index (χ0n) is 9.01. The molecule has 1 heterocycles. The van der Waals surface area contributed by atoms with Crippen LogP contribution in [0.25, 0.3) is 11.3 Å². The summed E-state index contributed by atoms with van der Waals surface area (Å²) < 4.78 is 14.4. The van der Waals surface area contributed by atoms with E-state index >= 15 is 0 Å². The Morgan fingerprint density at radius 2 is 2.06 bits per heavy atom. The molecular formula is C12H10FN3O. The monoisotopic (exact) mass is 231 g/mol. The Morgan fingerprint density at radius 3 is 2.65 bits per heavy atom. The van der Waals surface area contributed by atoms with Crippen LogP contribution in [0.1, 0.15) is 10.5 Å². The average Bonchev–Trinajstić information content (AvgIpc) is 2.74. The zero-order valence-corrected chi connectivity index (χ0v) is 9.01. The van der Waals surface area contributed by atoms with E-state index in [0.717, 1.165) is 0 Å². The maximum atomic E-state index is 12.8. The van der Waals surface area contributed by atoms with Crippen LogP contribution in [0.15, 0.2) is 36.9 Å². The van der Waals surface area contributed by atoms with Gasteiger partial charge in [0.05, 0.1) is 12.2 Å². The quantitative estimate of drug-likeness (QED) is 0.598. The number of carbonyl (C=O) groups excluding carboxylic acids is 1. The van der Waals surface area contributed by atoms with Crippen molar-refractivity contribution in [1.82, 2.24) is 15.0 Å². The number of halogens is 1. The highest BCUT2D eigenvalue weighted by Gasteiger charge is 2.13. The molecule has 0 spiro atoms. The van der Waals surface area contributed by atoms with Crippen molar-refractivity contribution in [1.29, 1.82) is 0 Å². The van der Waals surface area contributed by atoms with E-state index < -0.39 is 0 Å². The van der Waals surface area contributed by atoms with E-state index in [0.29, 0.717) is 24.1 Å². The molecule has 0 N–H and O–H groups in total. The fourth-order valence-corrected chi connectivity index (χ4v) is 1.56. The third-order valence-electron chi connectivity index (χ3n) is 2.29. The summed E-state index contributed by atoms with van der Waals surface area (Å²) in [6.07, 6.45) is 2.28. The number of carbonyl (C=O) groups is 1. The lowest BCUT2D eigenvalue weighted by molar-refractivity contribution is 0.111. The lowest BCUT2D eigenvalue weighted by Gasteiger charge is -2.04. The summed E-state index contributed by atoms with van der Waals surface area (Å²) >= 11 is 0. The van der Waals surface area contributed by atoms with Crippen LogP contribution in [-0.4, -0.2) is 21.3 Å². The molecule has 0 saturated carbocycles. The van der Waals surface area contributed by atoms with Gasteiger partial charge in [-0.1, -0.05) is 11.3 Å². The second-order valence-corrected chi connectivity index (χ2v) is 3.42. The molecule has 0 aliphatic rings. The van der Waals surface area contributed by atoms with Crippen molar-refractivity contribution in [3.63, 3.8) is 0 Å². The fraction of sp³-hybridized carbons (Fsp3) is 0.0833. The van der Waals surface area contributed by atoms with Crippen molar-refractivity contribution in [2.45, 2.75) is 6.54 Å². The molecule has 86 valence electrons. The van der Waals surface area contributed by atoms with Crippen LogP contribution in [0, 0.1) is 5.82 Å². The molecule has 0 saturated heterocycles. The third kappa shape index (κ3) is 2.13. The number of aromatic nitrogens is 3. The molecule has 0 radical (unpaired) electrons. The second-order valence-electron chi connectivity index (χ2n) is 3.42. The third-order valence-corrected chi connectivity index (χ3v) is 2.29. The van der Waals surface area contributed by atoms with E-state index in [1.807, 2.05) is 0 Å². The van der Waals surface area contributed by atoms with E-state index in [1.165, 1.54) is 12.1 Å². The van der Waals surface area contributed by atoms with Gasteiger partial charge in [-0.15, -0.1) is 11.7 Å². The van der Waals surface area contributed by atoms with E-state index in [1.54, 1.807) is 22.9 Å². The Bertz CT molecular complexity index is 545. The molecule has 1 aromatic carbocycles. The molecule has 0 amide bonds. The van der Waals surface area contributed by atoms with E-state index in [4.69, 9.17) is 0 Å². The van der Waals surface area contributed by atoms with Crippen molar-refractivity contribution in [2.75, 3.05) is 0 Å². The minimum Gasteiger partial charge on any atom is -0.296 e. The molecule has 17 heavy (non-hydrogen) atoms. The van der Waals surface area contributed by atoms with Gasteiger partial charge in [0.25, 0.3) is 0 Å². The van der Waals surface area contributed by atoms with Crippen molar-refractivity contribution >= 4 is 6.29 Å².